The molecule has 148 valence electrons. The smallest absolute Gasteiger partial charge is 0.233 e. The van der Waals surface area contributed by atoms with Gasteiger partial charge in [-0.3, -0.25) is 14.3 Å². The van der Waals surface area contributed by atoms with E-state index in [0.717, 1.165) is 49.9 Å². The van der Waals surface area contributed by atoms with E-state index >= 15 is 0 Å². The van der Waals surface area contributed by atoms with Gasteiger partial charge in [-0.2, -0.15) is 5.10 Å². The lowest BCUT2D eigenvalue weighted by Gasteiger charge is -2.46. The highest BCUT2D eigenvalue weighted by Crippen LogP contribution is 2.42. The van der Waals surface area contributed by atoms with Crippen LogP contribution in [0.5, 0.6) is 0 Å². The molecule has 6 heteroatoms. The summed E-state index contributed by atoms with van der Waals surface area (Å²) in [5.41, 5.74) is 1.78. The summed E-state index contributed by atoms with van der Waals surface area (Å²) in [6, 6.07) is 9.95. The van der Waals surface area contributed by atoms with E-state index in [9.17, 15) is 9.59 Å². The molecule has 2 fully saturated rings. The molecular weight excluding hydrogens is 352 g/mol. The number of nitrogens with zero attached hydrogens (tertiary/aromatic N) is 4. The van der Waals surface area contributed by atoms with Crippen molar-refractivity contribution in [1.82, 2.24) is 14.7 Å². The zero-order valence-electron chi connectivity index (χ0n) is 16.5. The highest BCUT2D eigenvalue weighted by atomic mass is 16.2. The first-order chi connectivity index (χ1) is 13.6. The van der Waals surface area contributed by atoms with E-state index in [1.54, 1.807) is 4.68 Å². The van der Waals surface area contributed by atoms with Gasteiger partial charge in [-0.1, -0.05) is 18.2 Å². The first-order valence-corrected chi connectivity index (χ1v) is 10.2. The standard InChI is InChI=1S/C22H28N4O2/c1-24-17-18(16-23-24)8-9-20(27)25-14-11-22(12-15-25)10-5-13-26(21(22)28)19-6-3-2-4-7-19/h2-4,6-7,16-17H,5,8-15H2,1H3. The van der Waals surface area contributed by atoms with Crippen molar-refractivity contribution in [2.24, 2.45) is 12.5 Å². The van der Waals surface area contributed by atoms with Gasteiger partial charge in [0, 0.05) is 45.0 Å². The Balaban J connectivity index is 1.36. The number of hydrogen-bond donors (Lipinski definition) is 0. The Morgan fingerprint density at radius 1 is 1.11 bits per heavy atom. The van der Waals surface area contributed by atoms with Gasteiger partial charge in [0.1, 0.15) is 0 Å². The molecule has 0 N–H and O–H groups in total. The lowest BCUT2D eigenvalue weighted by atomic mass is 9.71. The molecule has 0 saturated carbocycles. The van der Waals surface area contributed by atoms with Gasteiger partial charge in [-0.05, 0) is 49.8 Å². The molecule has 2 aliphatic heterocycles. The maximum Gasteiger partial charge on any atom is 0.233 e. The molecule has 0 aliphatic carbocycles. The fourth-order valence-corrected chi connectivity index (χ4v) is 4.58. The van der Waals surface area contributed by atoms with E-state index in [1.165, 1.54) is 0 Å². The summed E-state index contributed by atoms with van der Waals surface area (Å²) in [6.07, 6.45) is 8.50. The SMILES string of the molecule is Cn1cc(CCC(=O)N2CCC3(CCCN(c4ccccc4)C3=O)CC2)cn1. The molecule has 0 unspecified atom stereocenters. The number of benzene rings is 1. The van der Waals surface area contributed by atoms with Gasteiger partial charge in [-0.25, -0.2) is 0 Å². The predicted octanol–water partition coefficient (Wildman–Crippen LogP) is 2.79. The Morgan fingerprint density at radius 2 is 1.86 bits per heavy atom. The summed E-state index contributed by atoms with van der Waals surface area (Å²) in [5, 5.41) is 4.15. The molecule has 0 radical (unpaired) electrons. The highest BCUT2D eigenvalue weighted by Gasteiger charge is 2.46. The van der Waals surface area contributed by atoms with E-state index < -0.39 is 0 Å². The number of para-hydroxylation sites is 1. The van der Waals surface area contributed by atoms with Crippen LogP contribution in [-0.4, -0.2) is 46.1 Å². The minimum absolute atomic E-state index is 0.182. The first-order valence-electron chi connectivity index (χ1n) is 10.2. The molecule has 0 atom stereocenters. The van der Waals surface area contributed by atoms with Crippen LogP contribution in [0, 0.1) is 5.41 Å². The van der Waals surface area contributed by atoms with Crippen molar-refractivity contribution < 1.29 is 9.59 Å². The largest absolute Gasteiger partial charge is 0.343 e. The van der Waals surface area contributed by atoms with Crippen LogP contribution in [0.3, 0.4) is 0 Å². The molecule has 2 saturated heterocycles. The van der Waals surface area contributed by atoms with Crippen LogP contribution < -0.4 is 4.90 Å². The maximum absolute atomic E-state index is 13.3. The van der Waals surface area contributed by atoms with Gasteiger partial charge in [-0.15, -0.1) is 0 Å². The number of aryl methyl sites for hydroxylation is 2. The third-order valence-electron chi connectivity index (χ3n) is 6.26. The summed E-state index contributed by atoms with van der Waals surface area (Å²) in [5.74, 6) is 0.425. The number of piperidine rings is 2. The number of likely N-dealkylation sites (tertiary alicyclic amines) is 1. The fraction of sp³-hybridized carbons (Fsp3) is 0.500. The summed E-state index contributed by atoms with van der Waals surface area (Å²) >= 11 is 0. The van der Waals surface area contributed by atoms with Crippen molar-refractivity contribution in [3.8, 4) is 0 Å². The molecule has 2 aromatic rings. The van der Waals surface area contributed by atoms with Crippen molar-refractivity contribution in [1.29, 1.82) is 0 Å². The molecule has 1 aromatic heterocycles. The van der Waals surface area contributed by atoms with Crippen LogP contribution in [0.2, 0.25) is 0 Å². The van der Waals surface area contributed by atoms with Crippen molar-refractivity contribution in [2.45, 2.75) is 38.5 Å². The second kappa shape index (κ2) is 7.78. The number of carbonyl (C=O) groups excluding carboxylic acids is 2. The van der Waals surface area contributed by atoms with Gasteiger partial charge in [0.2, 0.25) is 11.8 Å². The Labute approximate surface area is 166 Å². The van der Waals surface area contributed by atoms with Crippen LogP contribution in [0.25, 0.3) is 0 Å². The van der Waals surface area contributed by atoms with Crippen LogP contribution in [0.15, 0.2) is 42.7 Å². The zero-order valence-corrected chi connectivity index (χ0v) is 16.5. The molecule has 1 aromatic carbocycles. The molecule has 4 rings (SSSR count). The third-order valence-corrected chi connectivity index (χ3v) is 6.26. The van der Waals surface area contributed by atoms with Crippen molar-refractivity contribution in [2.75, 3.05) is 24.5 Å². The number of anilines is 1. The Kier molecular flexibility index (Phi) is 5.20. The van der Waals surface area contributed by atoms with E-state index in [0.29, 0.717) is 19.5 Å². The Bertz CT molecular complexity index is 837. The minimum atomic E-state index is -0.297. The monoisotopic (exact) mass is 380 g/mol. The predicted molar refractivity (Wildman–Crippen MR) is 108 cm³/mol. The molecular formula is C22H28N4O2. The van der Waals surface area contributed by atoms with Gasteiger partial charge in [0.25, 0.3) is 0 Å². The zero-order chi connectivity index (χ0) is 19.6. The third kappa shape index (κ3) is 3.68. The average molecular weight is 380 g/mol. The van der Waals surface area contributed by atoms with E-state index in [2.05, 4.69) is 5.10 Å². The van der Waals surface area contributed by atoms with Crippen LogP contribution >= 0.6 is 0 Å². The summed E-state index contributed by atoms with van der Waals surface area (Å²) < 4.78 is 1.76. The minimum Gasteiger partial charge on any atom is -0.343 e. The number of rotatable bonds is 4. The lowest BCUT2D eigenvalue weighted by Crippen LogP contribution is -2.54. The van der Waals surface area contributed by atoms with Gasteiger partial charge in [0.15, 0.2) is 0 Å². The topological polar surface area (TPSA) is 58.4 Å². The quantitative estimate of drug-likeness (QED) is 0.820. The van der Waals surface area contributed by atoms with E-state index in [4.69, 9.17) is 0 Å². The molecule has 3 heterocycles. The van der Waals surface area contributed by atoms with E-state index in [-0.39, 0.29) is 17.2 Å². The number of hydrogen-bond acceptors (Lipinski definition) is 3. The Hall–Kier alpha value is -2.63. The number of aromatic nitrogens is 2. The molecule has 1 spiro atoms. The molecule has 2 amide bonds. The Morgan fingerprint density at radius 3 is 2.54 bits per heavy atom. The molecule has 2 aliphatic rings. The lowest BCUT2D eigenvalue weighted by molar-refractivity contribution is -0.140. The first kappa shape index (κ1) is 18.7. The van der Waals surface area contributed by atoms with Crippen LogP contribution in [0.1, 0.15) is 37.7 Å². The average Bonchev–Trinajstić information content (AvgIpc) is 3.15. The number of amides is 2. The van der Waals surface area contributed by atoms with Gasteiger partial charge < -0.3 is 9.80 Å². The molecule has 0 bridgehead atoms. The molecule has 28 heavy (non-hydrogen) atoms. The second-order valence-corrected chi connectivity index (χ2v) is 8.08. The van der Waals surface area contributed by atoms with Crippen LogP contribution in [0.4, 0.5) is 5.69 Å². The van der Waals surface area contributed by atoms with Crippen molar-refractivity contribution >= 4 is 17.5 Å². The highest BCUT2D eigenvalue weighted by molar-refractivity contribution is 5.98. The van der Waals surface area contributed by atoms with Gasteiger partial charge >= 0.3 is 0 Å². The summed E-state index contributed by atoms with van der Waals surface area (Å²) in [7, 11) is 1.88. The van der Waals surface area contributed by atoms with Gasteiger partial charge in [0.05, 0.1) is 11.6 Å². The van der Waals surface area contributed by atoms with Crippen LogP contribution in [-0.2, 0) is 23.1 Å². The summed E-state index contributed by atoms with van der Waals surface area (Å²) in [6.45, 7) is 2.15. The number of carbonyl (C=O) groups is 2. The molecule has 6 nitrogen and oxygen atoms in total. The van der Waals surface area contributed by atoms with E-state index in [1.807, 2.05) is 59.6 Å². The van der Waals surface area contributed by atoms with Crippen molar-refractivity contribution in [3.05, 3.63) is 48.3 Å². The normalized spacial score (nSPS) is 19.2. The van der Waals surface area contributed by atoms with Crippen molar-refractivity contribution in [3.63, 3.8) is 0 Å². The summed E-state index contributed by atoms with van der Waals surface area (Å²) in [4.78, 5) is 29.8. The maximum atomic E-state index is 13.3. The fourth-order valence-electron chi connectivity index (χ4n) is 4.58. The second-order valence-electron chi connectivity index (χ2n) is 8.08.